The summed E-state index contributed by atoms with van der Waals surface area (Å²) in [5, 5.41) is 4.98. The third kappa shape index (κ3) is 4.68. The molecule has 10 heteroatoms. The number of aryl methyl sites for hydroxylation is 2. The lowest BCUT2D eigenvalue weighted by atomic mass is 10.1. The molecule has 3 N–H and O–H groups in total. The Morgan fingerprint density at radius 2 is 1.77 bits per heavy atom. The van der Waals surface area contributed by atoms with E-state index in [1.54, 1.807) is 52.0 Å². The molecule has 0 saturated heterocycles. The number of hydrazine groups is 1. The monoisotopic (exact) mass is 424 g/mol. The number of H-pyrrole nitrogens is 1. The third-order valence-electron chi connectivity index (χ3n) is 4.90. The van der Waals surface area contributed by atoms with E-state index in [0.717, 1.165) is 5.56 Å². The van der Waals surface area contributed by atoms with Crippen molar-refractivity contribution in [2.75, 3.05) is 0 Å². The highest BCUT2D eigenvalue weighted by atomic mass is 16.2. The van der Waals surface area contributed by atoms with Crippen molar-refractivity contribution in [3.63, 3.8) is 0 Å². The second kappa shape index (κ2) is 8.90. The fourth-order valence-corrected chi connectivity index (χ4v) is 3.33. The molecule has 0 bridgehead atoms. The van der Waals surface area contributed by atoms with Crippen LogP contribution in [0.25, 0.3) is 10.8 Å². The van der Waals surface area contributed by atoms with Crippen molar-refractivity contribution in [3.8, 4) is 0 Å². The maximum absolute atomic E-state index is 12.7. The molecule has 0 aliphatic heterocycles. The Labute approximate surface area is 177 Å². The number of nitrogens with zero attached hydrogens (tertiary/aromatic N) is 3. The van der Waals surface area contributed by atoms with Crippen LogP contribution in [0.15, 0.2) is 33.9 Å². The molecule has 0 unspecified atom stereocenters. The summed E-state index contributed by atoms with van der Waals surface area (Å²) in [6.45, 7) is 7.04. The van der Waals surface area contributed by atoms with Gasteiger partial charge < -0.3 is 4.98 Å². The van der Waals surface area contributed by atoms with Gasteiger partial charge in [0.2, 0.25) is 5.91 Å². The van der Waals surface area contributed by atoms with Crippen molar-refractivity contribution < 1.29 is 9.59 Å². The summed E-state index contributed by atoms with van der Waals surface area (Å²) in [5.41, 5.74) is 6.05. The Morgan fingerprint density at radius 1 is 1.10 bits per heavy atom. The van der Waals surface area contributed by atoms with Gasteiger partial charge in [0.15, 0.2) is 5.69 Å². The zero-order chi connectivity index (χ0) is 22.7. The molecule has 3 rings (SSSR count). The molecule has 1 aromatic carbocycles. The van der Waals surface area contributed by atoms with Gasteiger partial charge in [-0.3, -0.25) is 25.2 Å². The van der Waals surface area contributed by atoms with Gasteiger partial charge in [0, 0.05) is 23.2 Å². The molecule has 3 aromatic rings. The molecule has 31 heavy (non-hydrogen) atoms. The van der Waals surface area contributed by atoms with Gasteiger partial charge in [-0.05, 0) is 45.7 Å². The zero-order valence-corrected chi connectivity index (χ0v) is 17.8. The maximum Gasteiger partial charge on any atom is 0.345 e. The van der Waals surface area contributed by atoms with Crippen LogP contribution < -0.4 is 22.1 Å². The molecule has 0 aliphatic rings. The van der Waals surface area contributed by atoms with Crippen molar-refractivity contribution >= 4 is 22.6 Å². The highest BCUT2D eigenvalue weighted by molar-refractivity contribution is 6.05. The van der Waals surface area contributed by atoms with E-state index in [1.807, 2.05) is 0 Å². The lowest BCUT2D eigenvalue weighted by molar-refractivity contribution is -0.121. The average molecular weight is 424 g/mol. The van der Waals surface area contributed by atoms with Gasteiger partial charge in [0.05, 0.1) is 11.4 Å². The van der Waals surface area contributed by atoms with E-state index in [0.29, 0.717) is 28.6 Å². The van der Waals surface area contributed by atoms with Crippen LogP contribution in [0.5, 0.6) is 0 Å². The van der Waals surface area contributed by atoms with Crippen LogP contribution in [-0.4, -0.2) is 31.6 Å². The van der Waals surface area contributed by atoms with Crippen molar-refractivity contribution in [1.82, 2.24) is 30.6 Å². The molecular weight excluding hydrogens is 400 g/mol. The van der Waals surface area contributed by atoms with Crippen LogP contribution in [0.3, 0.4) is 0 Å². The molecule has 0 aliphatic carbocycles. The van der Waals surface area contributed by atoms with Crippen LogP contribution >= 0.6 is 0 Å². The number of fused-ring (bicyclic) bond motifs is 1. The van der Waals surface area contributed by atoms with Crippen LogP contribution in [0, 0.1) is 13.8 Å². The Bertz CT molecular complexity index is 1250. The minimum absolute atomic E-state index is 0.0423. The van der Waals surface area contributed by atoms with Gasteiger partial charge in [-0.15, -0.1) is 0 Å². The highest BCUT2D eigenvalue weighted by Gasteiger charge is 2.18. The summed E-state index contributed by atoms with van der Waals surface area (Å²) in [6.07, 6.45) is 0.428. The normalized spacial score (nSPS) is 11.0. The number of benzene rings is 1. The maximum atomic E-state index is 12.7. The molecule has 0 fully saturated rings. The van der Waals surface area contributed by atoms with Crippen molar-refractivity contribution in [2.24, 2.45) is 0 Å². The van der Waals surface area contributed by atoms with Gasteiger partial charge in [-0.2, -0.15) is 10.1 Å². The van der Waals surface area contributed by atoms with Gasteiger partial charge in [0.25, 0.3) is 11.5 Å². The second-order valence-corrected chi connectivity index (χ2v) is 7.47. The summed E-state index contributed by atoms with van der Waals surface area (Å²) >= 11 is 0. The minimum atomic E-state index is -0.628. The predicted octanol–water partition coefficient (Wildman–Crippen LogP) is 1.07. The summed E-state index contributed by atoms with van der Waals surface area (Å²) < 4.78 is 1.24. The quantitative estimate of drug-likeness (QED) is 0.524. The number of hydrogen-bond donors (Lipinski definition) is 3. The molecule has 0 radical (unpaired) electrons. The van der Waals surface area contributed by atoms with Crippen molar-refractivity contribution in [3.05, 3.63) is 67.7 Å². The topological polar surface area (TPSA) is 139 Å². The fourth-order valence-electron chi connectivity index (χ4n) is 3.33. The molecule has 10 nitrogen and oxygen atoms in total. The van der Waals surface area contributed by atoms with E-state index in [4.69, 9.17) is 0 Å². The smallest absolute Gasteiger partial charge is 0.310 e. The number of hydrogen-bond acceptors (Lipinski definition) is 6. The largest absolute Gasteiger partial charge is 0.345 e. The first-order chi connectivity index (χ1) is 14.7. The number of carbonyl (C=O) groups excluding carboxylic acids is 2. The second-order valence-electron chi connectivity index (χ2n) is 7.47. The van der Waals surface area contributed by atoms with Crippen LogP contribution in [0.4, 0.5) is 0 Å². The third-order valence-corrected chi connectivity index (χ3v) is 4.90. The van der Waals surface area contributed by atoms with Crippen molar-refractivity contribution in [2.45, 2.75) is 46.6 Å². The SMILES string of the molecule is Cc1nc(=O)[nH]c(C)c1CCC(=O)NNC(=O)c1nn(C(C)C)c(=O)c2ccccc12. The number of nitrogens with one attached hydrogen (secondary N) is 3. The fraction of sp³-hybridized carbons (Fsp3) is 0.333. The van der Waals surface area contributed by atoms with Gasteiger partial charge in [-0.25, -0.2) is 9.48 Å². The van der Waals surface area contributed by atoms with E-state index >= 15 is 0 Å². The molecule has 162 valence electrons. The molecule has 0 spiro atoms. The van der Waals surface area contributed by atoms with E-state index in [2.05, 4.69) is 25.9 Å². The minimum Gasteiger partial charge on any atom is -0.310 e. The molecule has 0 atom stereocenters. The van der Waals surface area contributed by atoms with Gasteiger partial charge >= 0.3 is 5.69 Å². The lowest BCUT2D eigenvalue weighted by Gasteiger charge is -2.14. The first-order valence-electron chi connectivity index (χ1n) is 9.86. The Hall–Kier alpha value is -3.82. The molecule has 2 aromatic heterocycles. The molecular formula is C21H24N6O4. The van der Waals surface area contributed by atoms with Crippen LogP contribution in [0.1, 0.15) is 53.7 Å². The molecule has 0 saturated carbocycles. The lowest BCUT2D eigenvalue weighted by Crippen LogP contribution is -2.43. The zero-order valence-electron chi connectivity index (χ0n) is 17.8. The summed E-state index contributed by atoms with van der Waals surface area (Å²) in [6, 6.07) is 6.46. The van der Waals surface area contributed by atoms with E-state index in [1.165, 1.54) is 4.68 Å². The highest BCUT2D eigenvalue weighted by Crippen LogP contribution is 2.14. The first kappa shape index (κ1) is 21.9. The summed E-state index contributed by atoms with van der Waals surface area (Å²) in [7, 11) is 0. The average Bonchev–Trinajstić information content (AvgIpc) is 2.71. The predicted molar refractivity (Wildman–Crippen MR) is 115 cm³/mol. The number of carbonyl (C=O) groups is 2. The van der Waals surface area contributed by atoms with E-state index < -0.39 is 17.5 Å². The number of rotatable bonds is 5. The number of aromatic nitrogens is 4. The van der Waals surface area contributed by atoms with Gasteiger partial charge in [-0.1, -0.05) is 18.2 Å². The van der Waals surface area contributed by atoms with Crippen molar-refractivity contribution in [1.29, 1.82) is 0 Å². The van der Waals surface area contributed by atoms with E-state index in [9.17, 15) is 19.2 Å². The molecule has 2 amide bonds. The Kier molecular flexibility index (Phi) is 6.28. The Morgan fingerprint density at radius 3 is 2.42 bits per heavy atom. The standard InChI is InChI=1S/C21H24N6O4/c1-11(2)27-20(30)16-8-6-5-7-15(16)18(26-27)19(29)25-24-17(28)10-9-14-12(3)22-21(31)23-13(14)4/h5-8,11H,9-10H2,1-4H3,(H,24,28)(H,25,29)(H,22,23,31). The first-order valence-corrected chi connectivity index (χ1v) is 9.86. The van der Waals surface area contributed by atoms with Crippen LogP contribution in [0.2, 0.25) is 0 Å². The molecule has 2 heterocycles. The van der Waals surface area contributed by atoms with Crippen LogP contribution in [-0.2, 0) is 11.2 Å². The van der Waals surface area contributed by atoms with Gasteiger partial charge in [0.1, 0.15) is 0 Å². The Balaban J connectivity index is 1.73. The van der Waals surface area contributed by atoms with E-state index in [-0.39, 0.29) is 23.7 Å². The summed E-state index contributed by atoms with van der Waals surface area (Å²) in [4.78, 5) is 55.4. The number of amides is 2. The number of aromatic amines is 1. The summed E-state index contributed by atoms with van der Waals surface area (Å²) in [5.74, 6) is -1.04.